The van der Waals surface area contributed by atoms with Crippen LogP contribution in [0.15, 0.2) is 23.1 Å². The summed E-state index contributed by atoms with van der Waals surface area (Å²) in [4.78, 5) is 22.6. The Labute approximate surface area is 152 Å². The molecule has 1 amide bonds. The molecule has 26 heavy (non-hydrogen) atoms. The Balaban J connectivity index is 1.86. The number of benzene rings is 1. The third-order valence-corrected chi connectivity index (χ3v) is 5.82. The van der Waals surface area contributed by atoms with Crippen LogP contribution in [0.2, 0.25) is 0 Å². The maximum Gasteiger partial charge on any atom is 0.337 e. The monoisotopic (exact) mass is 384 g/mol. The van der Waals surface area contributed by atoms with Crippen LogP contribution in [0.25, 0.3) is 0 Å². The third kappa shape index (κ3) is 5.26. The average Bonchev–Trinajstić information content (AvgIpc) is 2.59. The molecule has 9 heteroatoms. The second-order valence-electron chi connectivity index (χ2n) is 6.64. The second kappa shape index (κ2) is 8.15. The molecule has 1 atom stereocenters. The van der Waals surface area contributed by atoms with E-state index < -0.39 is 34.0 Å². The first-order valence-corrected chi connectivity index (χ1v) is 9.94. The topological polar surface area (TPSA) is 133 Å². The minimum absolute atomic E-state index is 0.125. The molecule has 4 N–H and O–H groups in total. The number of nitrogens with one attached hydrogen (secondary N) is 2. The van der Waals surface area contributed by atoms with Crippen LogP contribution in [0, 0.1) is 0 Å². The van der Waals surface area contributed by atoms with E-state index in [-0.39, 0.29) is 17.9 Å². The van der Waals surface area contributed by atoms with Gasteiger partial charge in [-0.3, -0.25) is 4.79 Å². The van der Waals surface area contributed by atoms with Crippen LogP contribution in [0.1, 0.15) is 37.3 Å². The van der Waals surface area contributed by atoms with Crippen molar-refractivity contribution in [2.45, 2.75) is 49.5 Å². The van der Waals surface area contributed by atoms with Crippen LogP contribution < -0.4 is 10.0 Å². The van der Waals surface area contributed by atoms with Gasteiger partial charge in [-0.15, -0.1) is 0 Å². The summed E-state index contributed by atoms with van der Waals surface area (Å²) in [5.74, 6) is -2.01. The number of aliphatic hydroxyl groups is 1. The highest BCUT2D eigenvalue weighted by Gasteiger charge is 2.30. The number of fused-ring (bicyclic) bond motifs is 1. The second-order valence-corrected chi connectivity index (χ2v) is 8.41. The number of aliphatic carboxylic acids is 1. The summed E-state index contributed by atoms with van der Waals surface area (Å²) in [6.45, 7) is 0.480. The molecule has 1 unspecified atom stereocenters. The van der Waals surface area contributed by atoms with Crippen molar-refractivity contribution in [1.82, 2.24) is 10.0 Å². The molecule has 1 aliphatic carbocycles. The molecule has 0 saturated heterocycles. The lowest BCUT2D eigenvalue weighted by Crippen LogP contribution is -2.47. The van der Waals surface area contributed by atoms with Gasteiger partial charge in [0, 0.05) is 13.0 Å². The van der Waals surface area contributed by atoms with E-state index >= 15 is 0 Å². The SMILES string of the molecule is CC(O)(CNC(=O)CCNS(=O)(=O)c1ccc2c(c1)CCCC2)C(=O)O. The van der Waals surface area contributed by atoms with Gasteiger partial charge in [-0.05, 0) is 55.9 Å². The van der Waals surface area contributed by atoms with Crippen LogP contribution in [0.3, 0.4) is 0 Å². The zero-order valence-corrected chi connectivity index (χ0v) is 15.4. The van der Waals surface area contributed by atoms with E-state index in [1.54, 1.807) is 12.1 Å². The van der Waals surface area contributed by atoms with E-state index in [1.165, 1.54) is 5.56 Å². The fraction of sp³-hybridized carbons (Fsp3) is 0.529. The minimum Gasteiger partial charge on any atom is -0.479 e. The van der Waals surface area contributed by atoms with Crippen LogP contribution in [-0.2, 0) is 32.5 Å². The molecular weight excluding hydrogens is 360 g/mol. The van der Waals surface area contributed by atoms with Crippen LogP contribution in [-0.4, -0.2) is 49.2 Å². The lowest BCUT2D eigenvalue weighted by atomic mass is 9.92. The Hall–Kier alpha value is -1.97. The summed E-state index contributed by atoms with van der Waals surface area (Å²) in [5, 5.41) is 20.5. The molecule has 0 radical (unpaired) electrons. The van der Waals surface area contributed by atoms with Gasteiger partial charge in [0.15, 0.2) is 5.60 Å². The predicted molar refractivity (Wildman–Crippen MR) is 94.2 cm³/mol. The van der Waals surface area contributed by atoms with E-state index in [2.05, 4.69) is 10.0 Å². The van der Waals surface area contributed by atoms with E-state index in [4.69, 9.17) is 5.11 Å². The number of carbonyl (C=O) groups excluding carboxylic acids is 1. The van der Waals surface area contributed by atoms with Crippen LogP contribution in [0.4, 0.5) is 0 Å². The number of carboxylic acids is 1. The molecule has 2 rings (SSSR count). The lowest BCUT2D eigenvalue weighted by Gasteiger charge is -2.18. The number of rotatable bonds is 8. The van der Waals surface area contributed by atoms with Gasteiger partial charge in [0.2, 0.25) is 15.9 Å². The highest BCUT2D eigenvalue weighted by molar-refractivity contribution is 7.89. The Morgan fingerprint density at radius 2 is 1.85 bits per heavy atom. The number of hydrogen-bond donors (Lipinski definition) is 4. The molecule has 0 aromatic heterocycles. The Morgan fingerprint density at radius 3 is 2.50 bits per heavy atom. The van der Waals surface area contributed by atoms with Crippen molar-refractivity contribution in [2.24, 2.45) is 0 Å². The summed E-state index contributed by atoms with van der Waals surface area (Å²) in [6, 6.07) is 5.08. The van der Waals surface area contributed by atoms with Gasteiger partial charge in [0.1, 0.15) is 0 Å². The molecule has 0 spiro atoms. The Bertz CT molecular complexity index is 788. The normalized spacial score (nSPS) is 16.4. The number of carboxylic acid groups (broad SMARTS) is 1. The molecule has 144 valence electrons. The summed E-state index contributed by atoms with van der Waals surface area (Å²) in [5.41, 5.74) is 0.158. The maximum atomic E-state index is 12.3. The Kier molecular flexibility index (Phi) is 6.38. The van der Waals surface area contributed by atoms with E-state index in [9.17, 15) is 23.1 Å². The van der Waals surface area contributed by atoms with Gasteiger partial charge in [0.25, 0.3) is 0 Å². The standard InChI is InChI=1S/C17H24N2O6S/c1-17(23,16(21)22)11-18-15(20)8-9-19-26(24,25)14-7-6-12-4-2-3-5-13(12)10-14/h6-7,10,19,23H,2-5,8-9,11H2,1H3,(H,18,20)(H,21,22). The van der Waals surface area contributed by atoms with Crippen LogP contribution >= 0.6 is 0 Å². The molecule has 0 fully saturated rings. The van der Waals surface area contributed by atoms with Crippen LogP contribution in [0.5, 0.6) is 0 Å². The molecule has 0 bridgehead atoms. The molecule has 1 aromatic rings. The van der Waals surface area contributed by atoms with E-state index in [0.717, 1.165) is 38.2 Å². The highest BCUT2D eigenvalue weighted by Crippen LogP contribution is 2.23. The zero-order valence-electron chi connectivity index (χ0n) is 14.6. The lowest BCUT2D eigenvalue weighted by molar-refractivity contribution is -0.156. The van der Waals surface area contributed by atoms with Crippen molar-refractivity contribution in [2.75, 3.05) is 13.1 Å². The van der Waals surface area contributed by atoms with Gasteiger partial charge >= 0.3 is 5.97 Å². The van der Waals surface area contributed by atoms with Gasteiger partial charge in [0.05, 0.1) is 11.4 Å². The minimum atomic E-state index is -3.72. The van der Waals surface area contributed by atoms with Gasteiger partial charge < -0.3 is 15.5 Å². The van der Waals surface area contributed by atoms with Crippen molar-refractivity contribution < 1.29 is 28.2 Å². The van der Waals surface area contributed by atoms with Crippen molar-refractivity contribution in [3.8, 4) is 0 Å². The largest absolute Gasteiger partial charge is 0.479 e. The zero-order chi connectivity index (χ0) is 19.4. The van der Waals surface area contributed by atoms with Gasteiger partial charge in [-0.2, -0.15) is 0 Å². The molecular formula is C17H24N2O6S. The third-order valence-electron chi connectivity index (χ3n) is 4.36. The van der Waals surface area contributed by atoms with Gasteiger partial charge in [-0.1, -0.05) is 6.07 Å². The van der Waals surface area contributed by atoms with E-state index in [0.29, 0.717) is 0 Å². The molecule has 8 nitrogen and oxygen atoms in total. The summed E-state index contributed by atoms with van der Waals surface area (Å²) < 4.78 is 27.1. The van der Waals surface area contributed by atoms with Gasteiger partial charge in [-0.25, -0.2) is 17.9 Å². The predicted octanol–water partition coefficient (Wildman–Crippen LogP) is 0.186. The molecule has 1 aliphatic rings. The number of sulfonamides is 1. The van der Waals surface area contributed by atoms with Crippen molar-refractivity contribution in [3.05, 3.63) is 29.3 Å². The first kappa shape index (κ1) is 20.3. The fourth-order valence-corrected chi connectivity index (χ4v) is 3.78. The quantitative estimate of drug-likeness (QED) is 0.506. The highest BCUT2D eigenvalue weighted by atomic mass is 32.2. The molecule has 0 heterocycles. The molecule has 0 saturated carbocycles. The fourth-order valence-electron chi connectivity index (χ4n) is 2.69. The Morgan fingerprint density at radius 1 is 1.19 bits per heavy atom. The maximum absolute atomic E-state index is 12.3. The van der Waals surface area contributed by atoms with E-state index in [1.807, 2.05) is 6.07 Å². The summed E-state index contributed by atoms with van der Waals surface area (Å²) in [6.07, 6.45) is 3.82. The smallest absolute Gasteiger partial charge is 0.337 e. The molecule has 1 aromatic carbocycles. The summed E-state index contributed by atoms with van der Waals surface area (Å²) >= 11 is 0. The number of hydrogen-bond acceptors (Lipinski definition) is 5. The van der Waals surface area contributed by atoms with Crippen molar-refractivity contribution >= 4 is 21.9 Å². The summed E-state index contributed by atoms with van der Waals surface area (Å²) in [7, 11) is -3.72. The number of aryl methyl sites for hydroxylation is 2. The average molecular weight is 384 g/mol. The van der Waals surface area contributed by atoms with Crippen molar-refractivity contribution in [3.63, 3.8) is 0 Å². The number of amides is 1. The first-order chi connectivity index (χ1) is 12.1. The molecule has 0 aliphatic heterocycles. The first-order valence-electron chi connectivity index (χ1n) is 8.46. The number of carbonyl (C=O) groups is 2. The van der Waals surface area contributed by atoms with Crippen molar-refractivity contribution in [1.29, 1.82) is 0 Å².